The van der Waals surface area contributed by atoms with E-state index in [9.17, 15) is 24.5 Å². The zero-order chi connectivity index (χ0) is 18.6. The van der Waals surface area contributed by atoms with Crippen molar-refractivity contribution < 1.29 is 19.3 Å². The minimum absolute atomic E-state index is 0.0585. The predicted octanol–water partition coefficient (Wildman–Crippen LogP) is 3.03. The molecule has 0 aromatic heterocycles. The first kappa shape index (κ1) is 18.1. The number of nitro benzene ring substituents is 1. The molecule has 0 bridgehead atoms. The molecular weight excluding hydrogens is 350 g/mol. The summed E-state index contributed by atoms with van der Waals surface area (Å²) in [5.74, 6) is -2.10. The SMILES string of the molecule is CC(=O)c1ccc(NC(=O)C(=O)Nc2ccc(Cl)c([N+](=O)[O-])c2)cc1. The maximum absolute atomic E-state index is 11.9. The number of hydrogen-bond donors (Lipinski definition) is 2. The number of ketones is 1. The maximum Gasteiger partial charge on any atom is 0.314 e. The number of nitrogens with zero attached hydrogens (tertiary/aromatic N) is 1. The topological polar surface area (TPSA) is 118 Å². The van der Waals surface area contributed by atoms with Crippen molar-refractivity contribution in [2.45, 2.75) is 6.92 Å². The number of Topliss-reactive ketones (excluding diaryl/α,β-unsaturated/α-hetero) is 1. The number of nitro groups is 1. The number of rotatable bonds is 4. The molecule has 0 radical (unpaired) electrons. The molecule has 0 aliphatic carbocycles. The number of nitrogens with one attached hydrogen (secondary N) is 2. The lowest BCUT2D eigenvalue weighted by molar-refractivity contribution is -0.384. The van der Waals surface area contributed by atoms with E-state index in [1.54, 1.807) is 0 Å². The summed E-state index contributed by atoms with van der Waals surface area (Å²) in [5, 5.41) is 15.3. The summed E-state index contributed by atoms with van der Waals surface area (Å²) >= 11 is 5.67. The van der Waals surface area contributed by atoms with Gasteiger partial charge in [-0.1, -0.05) is 11.6 Å². The zero-order valence-electron chi connectivity index (χ0n) is 12.9. The van der Waals surface area contributed by atoms with Crippen molar-refractivity contribution in [1.82, 2.24) is 0 Å². The van der Waals surface area contributed by atoms with Gasteiger partial charge in [-0.2, -0.15) is 0 Å². The predicted molar refractivity (Wildman–Crippen MR) is 91.8 cm³/mol. The number of benzene rings is 2. The third kappa shape index (κ3) is 4.61. The fourth-order valence-corrected chi connectivity index (χ4v) is 2.08. The summed E-state index contributed by atoms with van der Waals surface area (Å²) in [5.41, 5.74) is 0.464. The lowest BCUT2D eigenvalue weighted by atomic mass is 10.1. The Bertz CT molecular complexity index is 865. The molecule has 0 saturated heterocycles. The van der Waals surface area contributed by atoms with Crippen LogP contribution in [0.2, 0.25) is 5.02 Å². The molecule has 9 heteroatoms. The van der Waals surface area contributed by atoms with Crippen LogP contribution in [-0.2, 0) is 9.59 Å². The Kier molecular flexibility index (Phi) is 5.45. The van der Waals surface area contributed by atoms with Crippen LogP contribution in [0.4, 0.5) is 17.1 Å². The minimum Gasteiger partial charge on any atom is -0.318 e. The lowest BCUT2D eigenvalue weighted by Gasteiger charge is -2.07. The Balaban J connectivity index is 2.05. The van der Waals surface area contributed by atoms with Crippen LogP contribution in [0.1, 0.15) is 17.3 Å². The summed E-state index contributed by atoms with van der Waals surface area (Å²) in [6.45, 7) is 1.41. The quantitative estimate of drug-likeness (QED) is 0.375. The normalized spacial score (nSPS) is 10.0. The number of amides is 2. The van der Waals surface area contributed by atoms with Gasteiger partial charge in [0, 0.05) is 23.0 Å². The van der Waals surface area contributed by atoms with Gasteiger partial charge in [0.1, 0.15) is 5.02 Å². The molecule has 2 amide bonds. The molecular formula is C16H12ClN3O5. The second-order valence-electron chi connectivity index (χ2n) is 4.97. The summed E-state index contributed by atoms with van der Waals surface area (Å²) < 4.78 is 0. The van der Waals surface area contributed by atoms with Crippen LogP contribution in [0.3, 0.4) is 0 Å². The lowest BCUT2D eigenvalue weighted by Crippen LogP contribution is -2.29. The Morgan fingerprint density at radius 2 is 1.48 bits per heavy atom. The number of carbonyl (C=O) groups is 3. The average molecular weight is 362 g/mol. The smallest absolute Gasteiger partial charge is 0.314 e. The van der Waals surface area contributed by atoms with E-state index in [-0.39, 0.29) is 22.2 Å². The summed E-state index contributed by atoms with van der Waals surface area (Å²) in [7, 11) is 0. The van der Waals surface area contributed by atoms with E-state index in [2.05, 4.69) is 10.6 Å². The van der Waals surface area contributed by atoms with Gasteiger partial charge in [-0.15, -0.1) is 0 Å². The van der Waals surface area contributed by atoms with E-state index in [1.807, 2.05) is 0 Å². The van der Waals surface area contributed by atoms with Gasteiger partial charge in [-0.3, -0.25) is 24.5 Å². The molecule has 0 spiro atoms. The highest BCUT2D eigenvalue weighted by molar-refractivity contribution is 6.43. The number of halogens is 1. The molecule has 2 N–H and O–H groups in total. The van der Waals surface area contributed by atoms with Crippen molar-refractivity contribution >= 4 is 46.3 Å². The molecule has 8 nitrogen and oxygen atoms in total. The van der Waals surface area contributed by atoms with Crippen molar-refractivity contribution in [2.24, 2.45) is 0 Å². The van der Waals surface area contributed by atoms with Crippen molar-refractivity contribution in [3.8, 4) is 0 Å². The first-order chi connectivity index (χ1) is 11.8. The highest BCUT2D eigenvalue weighted by atomic mass is 35.5. The number of carbonyl (C=O) groups excluding carboxylic acids is 3. The van der Waals surface area contributed by atoms with Crippen molar-refractivity contribution in [1.29, 1.82) is 0 Å². The molecule has 0 fully saturated rings. The van der Waals surface area contributed by atoms with E-state index < -0.39 is 16.7 Å². The van der Waals surface area contributed by atoms with Crippen molar-refractivity contribution in [3.05, 3.63) is 63.2 Å². The van der Waals surface area contributed by atoms with Gasteiger partial charge in [0.25, 0.3) is 5.69 Å². The first-order valence-electron chi connectivity index (χ1n) is 6.95. The number of anilines is 2. The summed E-state index contributed by atoms with van der Waals surface area (Å²) in [6.07, 6.45) is 0. The van der Waals surface area contributed by atoms with Gasteiger partial charge in [0.05, 0.1) is 4.92 Å². The Labute approximate surface area is 146 Å². The van der Waals surface area contributed by atoms with Gasteiger partial charge >= 0.3 is 11.8 Å². The summed E-state index contributed by atoms with van der Waals surface area (Å²) in [6, 6.07) is 9.62. The van der Waals surface area contributed by atoms with E-state index in [4.69, 9.17) is 11.6 Å². The molecule has 0 atom stereocenters. The van der Waals surface area contributed by atoms with Crippen LogP contribution in [0, 0.1) is 10.1 Å². The molecule has 25 heavy (non-hydrogen) atoms. The highest BCUT2D eigenvalue weighted by Gasteiger charge is 2.17. The van der Waals surface area contributed by atoms with Gasteiger partial charge in [0.2, 0.25) is 0 Å². The number of hydrogen-bond acceptors (Lipinski definition) is 5. The molecule has 0 aliphatic rings. The van der Waals surface area contributed by atoms with E-state index >= 15 is 0 Å². The highest BCUT2D eigenvalue weighted by Crippen LogP contribution is 2.27. The van der Waals surface area contributed by atoms with Crippen LogP contribution < -0.4 is 10.6 Å². The van der Waals surface area contributed by atoms with Crippen molar-refractivity contribution in [2.75, 3.05) is 10.6 Å². The molecule has 0 unspecified atom stereocenters. The van der Waals surface area contributed by atoms with Crippen molar-refractivity contribution in [3.63, 3.8) is 0 Å². The van der Waals surface area contributed by atoms with Crippen LogP contribution in [0.25, 0.3) is 0 Å². The second-order valence-corrected chi connectivity index (χ2v) is 5.37. The average Bonchev–Trinajstić information content (AvgIpc) is 2.56. The molecule has 2 aromatic carbocycles. The molecule has 128 valence electrons. The van der Waals surface area contributed by atoms with E-state index in [0.717, 1.165) is 6.07 Å². The van der Waals surface area contributed by atoms with Gasteiger partial charge < -0.3 is 10.6 Å². The molecule has 0 heterocycles. The van der Waals surface area contributed by atoms with Crippen LogP contribution in [0.5, 0.6) is 0 Å². The Morgan fingerprint density at radius 3 is 2.00 bits per heavy atom. The van der Waals surface area contributed by atoms with Gasteiger partial charge in [-0.25, -0.2) is 0 Å². The van der Waals surface area contributed by atoms with Crippen LogP contribution >= 0.6 is 11.6 Å². The third-order valence-electron chi connectivity index (χ3n) is 3.16. The summed E-state index contributed by atoms with van der Waals surface area (Å²) in [4.78, 5) is 45.0. The zero-order valence-corrected chi connectivity index (χ0v) is 13.7. The maximum atomic E-state index is 11.9. The minimum atomic E-state index is -1.01. The Morgan fingerprint density at radius 1 is 0.960 bits per heavy atom. The monoisotopic (exact) mass is 361 g/mol. The van der Waals surface area contributed by atoms with Gasteiger partial charge in [0.15, 0.2) is 5.78 Å². The van der Waals surface area contributed by atoms with E-state index in [1.165, 1.54) is 43.3 Å². The standard InChI is InChI=1S/C16H12ClN3O5/c1-9(21)10-2-4-11(5-3-10)18-15(22)16(23)19-12-6-7-13(17)14(8-12)20(24)25/h2-8H,1H3,(H,18,22)(H,19,23). The molecule has 0 aliphatic heterocycles. The van der Waals surface area contributed by atoms with E-state index in [0.29, 0.717) is 11.3 Å². The Hall–Kier alpha value is -3.26. The molecule has 2 rings (SSSR count). The first-order valence-corrected chi connectivity index (χ1v) is 7.33. The second kappa shape index (κ2) is 7.54. The van der Waals surface area contributed by atoms with Gasteiger partial charge in [-0.05, 0) is 43.3 Å². The fourth-order valence-electron chi connectivity index (χ4n) is 1.89. The molecule has 2 aromatic rings. The van der Waals surface area contributed by atoms with Crippen LogP contribution in [0.15, 0.2) is 42.5 Å². The molecule has 0 saturated carbocycles. The fraction of sp³-hybridized carbons (Fsp3) is 0.0625. The van der Waals surface area contributed by atoms with Crippen LogP contribution in [-0.4, -0.2) is 22.5 Å². The largest absolute Gasteiger partial charge is 0.318 e. The third-order valence-corrected chi connectivity index (χ3v) is 3.48.